The van der Waals surface area contributed by atoms with E-state index in [9.17, 15) is 4.39 Å². The summed E-state index contributed by atoms with van der Waals surface area (Å²) < 4.78 is 19.1. The Labute approximate surface area is 156 Å². The number of thiazole rings is 1. The Hall–Kier alpha value is -2.31. The molecular formula is C20H20FN3OS. The summed E-state index contributed by atoms with van der Waals surface area (Å²) in [6.45, 7) is 2.49. The van der Waals surface area contributed by atoms with Gasteiger partial charge in [0.15, 0.2) is 5.13 Å². The lowest BCUT2D eigenvalue weighted by atomic mass is 10.1. The Morgan fingerprint density at radius 2 is 1.96 bits per heavy atom. The molecule has 1 fully saturated rings. The summed E-state index contributed by atoms with van der Waals surface area (Å²) in [4.78, 5) is 11.1. The maximum absolute atomic E-state index is 13.1. The second-order valence-electron chi connectivity index (χ2n) is 6.38. The van der Waals surface area contributed by atoms with Crippen molar-refractivity contribution in [1.82, 2.24) is 9.97 Å². The largest absolute Gasteiger partial charge is 0.373 e. The van der Waals surface area contributed by atoms with E-state index >= 15 is 0 Å². The number of hydrogen-bond acceptors (Lipinski definition) is 5. The molecule has 0 aliphatic carbocycles. The topological polar surface area (TPSA) is 38.2 Å². The van der Waals surface area contributed by atoms with Crippen molar-refractivity contribution in [2.75, 3.05) is 18.0 Å². The van der Waals surface area contributed by atoms with Crippen molar-refractivity contribution in [1.29, 1.82) is 0 Å². The molecule has 3 aromatic rings. The highest BCUT2D eigenvalue weighted by atomic mass is 32.1. The lowest BCUT2D eigenvalue weighted by Gasteiger charge is -2.31. The molecule has 4 rings (SSSR count). The molecule has 1 aliphatic rings. The maximum atomic E-state index is 13.1. The lowest BCUT2D eigenvalue weighted by Crippen LogP contribution is -2.36. The Kier molecular flexibility index (Phi) is 5.22. The van der Waals surface area contributed by atoms with E-state index in [0.717, 1.165) is 47.9 Å². The molecule has 0 saturated carbocycles. The highest BCUT2D eigenvalue weighted by Gasteiger charge is 2.22. The number of ether oxygens (including phenoxy) is 1. The standard InChI is InChI=1S/C20H20FN3OS/c21-17-5-3-16(4-6-17)19-14-26-20(23-19)24-10-7-18(8-11-24)25-13-15-2-1-9-22-12-15/h1-6,9,12,14,18H,7-8,10-11,13H2. The molecule has 134 valence electrons. The number of hydrogen-bond donors (Lipinski definition) is 0. The molecule has 0 N–H and O–H groups in total. The lowest BCUT2D eigenvalue weighted by molar-refractivity contribution is 0.0250. The van der Waals surface area contributed by atoms with Crippen molar-refractivity contribution in [3.63, 3.8) is 0 Å². The highest BCUT2D eigenvalue weighted by Crippen LogP contribution is 2.29. The number of nitrogens with zero attached hydrogens (tertiary/aromatic N) is 3. The SMILES string of the molecule is Fc1ccc(-c2csc(N3CCC(OCc4cccnc4)CC3)n2)cc1. The summed E-state index contributed by atoms with van der Waals surface area (Å²) in [7, 11) is 0. The van der Waals surface area contributed by atoms with Crippen molar-refractivity contribution >= 4 is 16.5 Å². The van der Waals surface area contributed by atoms with E-state index in [-0.39, 0.29) is 11.9 Å². The highest BCUT2D eigenvalue weighted by molar-refractivity contribution is 7.14. The molecule has 4 nitrogen and oxygen atoms in total. The van der Waals surface area contributed by atoms with Crippen molar-refractivity contribution in [3.05, 3.63) is 65.6 Å². The van der Waals surface area contributed by atoms with E-state index in [0.29, 0.717) is 6.61 Å². The summed E-state index contributed by atoms with van der Waals surface area (Å²) in [5.74, 6) is -0.224. The van der Waals surface area contributed by atoms with Crippen LogP contribution in [0.3, 0.4) is 0 Å². The molecule has 0 atom stereocenters. The van der Waals surface area contributed by atoms with Crippen LogP contribution in [0.4, 0.5) is 9.52 Å². The quantitative estimate of drug-likeness (QED) is 0.662. The number of benzene rings is 1. The summed E-state index contributed by atoms with van der Waals surface area (Å²) >= 11 is 1.64. The Balaban J connectivity index is 1.31. The zero-order chi connectivity index (χ0) is 17.8. The molecule has 3 heterocycles. The second kappa shape index (κ2) is 7.93. The molecular weight excluding hydrogens is 349 g/mol. The van der Waals surface area contributed by atoms with Crippen molar-refractivity contribution in [2.24, 2.45) is 0 Å². The minimum absolute atomic E-state index is 0.224. The zero-order valence-corrected chi connectivity index (χ0v) is 15.2. The maximum Gasteiger partial charge on any atom is 0.185 e. The van der Waals surface area contributed by atoms with Gasteiger partial charge in [0.25, 0.3) is 0 Å². The van der Waals surface area contributed by atoms with Gasteiger partial charge in [0.05, 0.1) is 18.4 Å². The van der Waals surface area contributed by atoms with Gasteiger partial charge in [-0.15, -0.1) is 11.3 Å². The van der Waals surface area contributed by atoms with Crippen LogP contribution in [0.15, 0.2) is 54.2 Å². The van der Waals surface area contributed by atoms with Crippen LogP contribution in [0.5, 0.6) is 0 Å². The first kappa shape index (κ1) is 17.1. The fourth-order valence-electron chi connectivity index (χ4n) is 3.07. The minimum Gasteiger partial charge on any atom is -0.373 e. The van der Waals surface area contributed by atoms with Crippen LogP contribution >= 0.6 is 11.3 Å². The average molecular weight is 369 g/mol. The second-order valence-corrected chi connectivity index (χ2v) is 7.22. The van der Waals surface area contributed by atoms with Crippen LogP contribution in [0.1, 0.15) is 18.4 Å². The van der Waals surface area contributed by atoms with Gasteiger partial charge >= 0.3 is 0 Å². The fourth-order valence-corrected chi connectivity index (χ4v) is 3.96. The van der Waals surface area contributed by atoms with Gasteiger partial charge in [-0.25, -0.2) is 9.37 Å². The van der Waals surface area contributed by atoms with Crippen LogP contribution < -0.4 is 4.90 Å². The molecule has 2 aromatic heterocycles. The monoisotopic (exact) mass is 369 g/mol. The third-order valence-corrected chi connectivity index (χ3v) is 5.45. The summed E-state index contributed by atoms with van der Waals surface area (Å²) in [5.41, 5.74) is 2.96. The average Bonchev–Trinajstić information content (AvgIpc) is 3.18. The predicted molar refractivity (Wildman–Crippen MR) is 102 cm³/mol. The third-order valence-electron chi connectivity index (χ3n) is 4.55. The first-order valence-corrected chi connectivity index (χ1v) is 9.63. The van der Waals surface area contributed by atoms with Gasteiger partial charge in [0, 0.05) is 36.4 Å². The summed E-state index contributed by atoms with van der Waals surface area (Å²) in [6, 6.07) is 10.5. The van der Waals surface area contributed by atoms with Crippen LogP contribution in [-0.4, -0.2) is 29.2 Å². The number of pyridine rings is 1. The fraction of sp³-hybridized carbons (Fsp3) is 0.300. The number of halogens is 1. The summed E-state index contributed by atoms with van der Waals surface area (Å²) in [6.07, 6.45) is 5.89. The van der Waals surface area contributed by atoms with Gasteiger partial charge in [-0.2, -0.15) is 0 Å². The van der Waals surface area contributed by atoms with Gasteiger partial charge in [-0.1, -0.05) is 6.07 Å². The van der Waals surface area contributed by atoms with Gasteiger partial charge in [-0.3, -0.25) is 4.98 Å². The van der Waals surface area contributed by atoms with E-state index in [4.69, 9.17) is 9.72 Å². The zero-order valence-electron chi connectivity index (χ0n) is 14.3. The molecule has 0 spiro atoms. The van der Waals surface area contributed by atoms with E-state index in [1.54, 1.807) is 29.7 Å². The Morgan fingerprint density at radius 3 is 2.69 bits per heavy atom. The van der Waals surface area contributed by atoms with E-state index < -0.39 is 0 Å². The molecule has 26 heavy (non-hydrogen) atoms. The van der Waals surface area contributed by atoms with Crippen LogP contribution in [0, 0.1) is 5.82 Å². The van der Waals surface area contributed by atoms with Crippen LogP contribution in [0.25, 0.3) is 11.3 Å². The number of piperidine rings is 1. The molecule has 1 saturated heterocycles. The first-order chi connectivity index (χ1) is 12.8. The van der Waals surface area contributed by atoms with Gasteiger partial charge in [0.1, 0.15) is 5.82 Å². The number of aromatic nitrogens is 2. The van der Waals surface area contributed by atoms with Crippen LogP contribution in [0.2, 0.25) is 0 Å². The minimum atomic E-state index is -0.224. The van der Waals surface area contributed by atoms with Gasteiger partial charge < -0.3 is 9.64 Å². The van der Waals surface area contributed by atoms with E-state index in [1.165, 1.54) is 12.1 Å². The molecule has 0 bridgehead atoms. The Bertz CT molecular complexity index is 830. The molecule has 0 radical (unpaired) electrons. The van der Waals surface area contributed by atoms with Gasteiger partial charge in [0.2, 0.25) is 0 Å². The first-order valence-electron chi connectivity index (χ1n) is 8.75. The van der Waals surface area contributed by atoms with E-state index in [2.05, 4.69) is 9.88 Å². The molecule has 0 unspecified atom stereocenters. The van der Waals surface area contributed by atoms with Crippen molar-refractivity contribution in [3.8, 4) is 11.3 Å². The molecule has 6 heteroatoms. The Morgan fingerprint density at radius 1 is 1.15 bits per heavy atom. The van der Waals surface area contributed by atoms with Crippen molar-refractivity contribution < 1.29 is 9.13 Å². The normalized spacial score (nSPS) is 15.3. The number of anilines is 1. The van der Waals surface area contributed by atoms with Crippen molar-refractivity contribution in [2.45, 2.75) is 25.6 Å². The van der Waals surface area contributed by atoms with E-state index in [1.807, 2.05) is 23.7 Å². The molecule has 0 amide bonds. The third kappa shape index (κ3) is 4.08. The number of rotatable bonds is 5. The van der Waals surface area contributed by atoms with Crippen LogP contribution in [-0.2, 0) is 11.3 Å². The van der Waals surface area contributed by atoms with Gasteiger partial charge in [-0.05, 0) is 48.7 Å². The molecule has 1 aromatic carbocycles. The summed E-state index contributed by atoms with van der Waals surface area (Å²) in [5, 5.41) is 3.06. The predicted octanol–water partition coefficient (Wildman–Crippen LogP) is 4.53. The smallest absolute Gasteiger partial charge is 0.185 e. The molecule has 1 aliphatic heterocycles.